The highest BCUT2D eigenvalue weighted by molar-refractivity contribution is 9.10. The number of fused-ring (bicyclic) bond motifs is 1. The van der Waals surface area contributed by atoms with Crippen LogP contribution >= 0.6 is 27.7 Å². The molecule has 0 aliphatic carbocycles. The Kier molecular flexibility index (Phi) is 4.72. The van der Waals surface area contributed by atoms with Crippen molar-refractivity contribution < 1.29 is 4.74 Å². The summed E-state index contributed by atoms with van der Waals surface area (Å²) in [5, 5.41) is 11.5. The van der Waals surface area contributed by atoms with Crippen LogP contribution in [0, 0.1) is 0 Å². The average molecular weight is 361 g/mol. The van der Waals surface area contributed by atoms with Crippen LogP contribution in [0.5, 0.6) is 5.75 Å². The van der Waals surface area contributed by atoms with E-state index in [0.29, 0.717) is 6.61 Å². The molecule has 5 heteroatoms. The number of benzene rings is 2. The van der Waals surface area contributed by atoms with Crippen molar-refractivity contribution in [1.29, 1.82) is 0 Å². The molecule has 21 heavy (non-hydrogen) atoms. The number of hydrogen-bond acceptors (Lipinski definition) is 4. The third kappa shape index (κ3) is 3.74. The van der Waals surface area contributed by atoms with Gasteiger partial charge in [0.15, 0.2) is 0 Å². The Morgan fingerprint density at radius 3 is 2.71 bits per heavy atom. The molecule has 3 nitrogen and oxygen atoms in total. The molecule has 106 valence electrons. The van der Waals surface area contributed by atoms with E-state index in [4.69, 9.17) is 4.74 Å². The molecule has 0 aliphatic heterocycles. The third-order valence-electron chi connectivity index (χ3n) is 2.94. The second-order valence-electron chi connectivity index (χ2n) is 4.39. The Balaban J connectivity index is 1.58. The molecule has 1 heterocycles. The molecule has 0 unspecified atom stereocenters. The van der Waals surface area contributed by atoms with Gasteiger partial charge < -0.3 is 4.74 Å². The summed E-state index contributed by atoms with van der Waals surface area (Å²) in [6.45, 7) is 0.636. The molecule has 2 aromatic carbocycles. The molecule has 0 bridgehead atoms. The van der Waals surface area contributed by atoms with Gasteiger partial charge in [0, 0.05) is 21.0 Å². The Morgan fingerprint density at radius 1 is 1.05 bits per heavy atom. The molecule has 0 radical (unpaired) electrons. The molecule has 3 aromatic rings. The normalized spacial score (nSPS) is 10.7. The lowest BCUT2D eigenvalue weighted by molar-refractivity contribution is 0.344. The van der Waals surface area contributed by atoms with Crippen molar-refractivity contribution in [3.05, 3.63) is 59.2 Å². The third-order valence-corrected chi connectivity index (χ3v) is 4.42. The van der Waals surface area contributed by atoms with Crippen molar-refractivity contribution in [2.24, 2.45) is 0 Å². The predicted molar refractivity (Wildman–Crippen MR) is 89.9 cm³/mol. The predicted octanol–water partition coefficient (Wildman–Crippen LogP) is 4.56. The summed E-state index contributed by atoms with van der Waals surface area (Å²) in [5.41, 5.74) is 0. The Bertz CT molecular complexity index is 728. The Morgan fingerprint density at radius 2 is 1.86 bits per heavy atom. The highest BCUT2D eigenvalue weighted by Crippen LogP contribution is 2.24. The lowest BCUT2D eigenvalue weighted by atomic mass is 10.2. The fraction of sp³-hybridized carbons (Fsp3) is 0.125. The SMILES string of the molecule is Brc1ccc(OCCSc2nncc3ccccc23)cc1. The molecule has 0 amide bonds. The van der Waals surface area contributed by atoms with E-state index in [9.17, 15) is 0 Å². The van der Waals surface area contributed by atoms with E-state index in [1.807, 2.05) is 42.5 Å². The number of rotatable bonds is 5. The smallest absolute Gasteiger partial charge is 0.127 e. The van der Waals surface area contributed by atoms with Crippen LogP contribution in [0.15, 0.2) is 64.2 Å². The second kappa shape index (κ2) is 6.91. The largest absolute Gasteiger partial charge is 0.493 e. The summed E-state index contributed by atoms with van der Waals surface area (Å²) in [5.74, 6) is 1.71. The minimum atomic E-state index is 0.636. The summed E-state index contributed by atoms with van der Waals surface area (Å²) in [4.78, 5) is 0. The fourth-order valence-electron chi connectivity index (χ4n) is 1.94. The molecular formula is C16H13BrN2OS. The quantitative estimate of drug-likeness (QED) is 0.493. The number of hydrogen-bond donors (Lipinski definition) is 0. The molecule has 0 saturated carbocycles. The maximum atomic E-state index is 5.70. The van der Waals surface area contributed by atoms with Gasteiger partial charge in [0.25, 0.3) is 0 Å². The summed E-state index contributed by atoms with van der Waals surface area (Å²) in [7, 11) is 0. The lowest BCUT2D eigenvalue weighted by Crippen LogP contribution is -2.00. The average Bonchev–Trinajstić information content (AvgIpc) is 2.53. The molecule has 0 atom stereocenters. The van der Waals surface area contributed by atoms with Gasteiger partial charge in [0.2, 0.25) is 0 Å². The van der Waals surface area contributed by atoms with Crippen LogP contribution in [-0.4, -0.2) is 22.6 Å². The Hall–Kier alpha value is -1.59. The first kappa shape index (κ1) is 14.4. The first-order chi connectivity index (χ1) is 10.3. The van der Waals surface area contributed by atoms with Crippen LogP contribution in [0.4, 0.5) is 0 Å². The highest BCUT2D eigenvalue weighted by Gasteiger charge is 2.03. The minimum Gasteiger partial charge on any atom is -0.493 e. The minimum absolute atomic E-state index is 0.636. The van der Waals surface area contributed by atoms with Gasteiger partial charge in [0.05, 0.1) is 12.8 Å². The summed E-state index contributed by atoms with van der Waals surface area (Å²) in [6.07, 6.45) is 1.79. The first-order valence-corrected chi connectivity index (χ1v) is 8.32. The van der Waals surface area contributed by atoms with Crippen molar-refractivity contribution >= 4 is 38.5 Å². The van der Waals surface area contributed by atoms with Gasteiger partial charge in [0.1, 0.15) is 10.8 Å². The van der Waals surface area contributed by atoms with Gasteiger partial charge in [-0.1, -0.05) is 40.2 Å². The Labute approximate surface area is 135 Å². The molecule has 0 N–H and O–H groups in total. The molecule has 0 saturated heterocycles. The fourth-order valence-corrected chi connectivity index (χ4v) is 3.01. The van der Waals surface area contributed by atoms with Gasteiger partial charge in [-0.2, -0.15) is 5.10 Å². The van der Waals surface area contributed by atoms with Crippen LogP contribution in [-0.2, 0) is 0 Å². The topological polar surface area (TPSA) is 35.0 Å². The van der Waals surface area contributed by atoms with E-state index >= 15 is 0 Å². The number of aromatic nitrogens is 2. The van der Waals surface area contributed by atoms with Gasteiger partial charge in [-0.3, -0.25) is 0 Å². The van der Waals surface area contributed by atoms with Crippen LogP contribution in [0.1, 0.15) is 0 Å². The standard InChI is InChI=1S/C16H13BrN2OS/c17-13-5-7-14(8-6-13)20-9-10-21-16-15-4-2-1-3-12(15)11-18-19-16/h1-8,11H,9-10H2. The van der Waals surface area contributed by atoms with Crippen molar-refractivity contribution in [2.45, 2.75) is 5.03 Å². The van der Waals surface area contributed by atoms with E-state index in [-0.39, 0.29) is 0 Å². The summed E-state index contributed by atoms with van der Waals surface area (Å²) >= 11 is 5.07. The van der Waals surface area contributed by atoms with Crippen molar-refractivity contribution in [3.63, 3.8) is 0 Å². The van der Waals surface area contributed by atoms with E-state index < -0.39 is 0 Å². The van der Waals surface area contributed by atoms with Crippen molar-refractivity contribution in [3.8, 4) is 5.75 Å². The molecular weight excluding hydrogens is 348 g/mol. The zero-order valence-electron chi connectivity index (χ0n) is 11.2. The van der Waals surface area contributed by atoms with E-state index in [0.717, 1.165) is 31.8 Å². The zero-order valence-corrected chi connectivity index (χ0v) is 13.6. The second-order valence-corrected chi connectivity index (χ2v) is 6.39. The monoisotopic (exact) mass is 360 g/mol. The van der Waals surface area contributed by atoms with Gasteiger partial charge in [-0.25, -0.2) is 0 Å². The van der Waals surface area contributed by atoms with Crippen LogP contribution in [0.3, 0.4) is 0 Å². The number of thioether (sulfide) groups is 1. The van der Waals surface area contributed by atoms with Crippen molar-refractivity contribution in [2.75, 3.05) is 12.4 Å². The maximum absolute atomic E-state index is 5.70. The van der Waals surface area contributed by atoms with Crippen LogP contribution < -0.4 is 4.74 Å². The van der Waals surface area contributed by atoms with Crippen LogP contribution in [0.2, 0.25) is 0 Å². The zero-order chi connectivity index (χ0) is 14.5. The summed E-state index contributed by atoms with van der Waals surface area (Å²) in [6, 6.07) is 16.0. The molecule has 0 fully saturated rings. The molecule has 3 rings (SSSR count). The van der Waals surface area contributed by atoms with Crippen LogP contribution in [0.25, 0.3) is 10.8 Å². The van der Waals surface area contributed by atoms with Gasteiger partial charge in [-0.15, -0.1) is 16.9 Å². The molecule has 0 aliphatic rings. The van der Waals surface area contributed by atoms with E-state index in [2.05, 4.69) is 32.2 Å². The lowest BCUT2D eigenvalue weighted by Gasteiger charge is -2.07. The van der Waals surface area contributed by atoms with E-state index in [1.54, 1.807) is 18.0 Å². The number of halogens is 1. The number of ether oxygens (including phenoxy) is 1. The maximum Gasteiger partial charge on any atom is 0.127 e. The molecule has 1 aromatic heterocycles. The van der Waals surface area contributed by atoms with E-state index in [1.165, 1.54) is 0 Å². The summed E-state index contributed by atoms with van der Waals surface area (Å²) < 4.78 is 6.76. The highest BCUT2D eigenvalue weighted by atomic mass is 79.9. The first-order valence-electron chi connectivity index (χ1n) is 6.54. The van der Waals surface area contributed by atoms with Gasteiger partial charge >= 0.3 is 0 Å². The van der Waals surface area contributed by atoms with Crippen molar-refractivity contribution in [1.82, 2.24) is 10.2 Å². The van der Waals surface area contributed by atoms with Gasteiger partial charge in [-0.05, 0) is 24.3 Å². The molecule has 0 spiro atoms. The number of nitrogens with zero attached hydrogens (tertiary/aromatic N) is 2.